The van der Waals surface area contributed by atoms with E-state index in [9.17, 15) is 0 Å². The molecule has 0 aromatic carbocycles. The van der Waals surface area contributed by atoms with Crippen LogP contribution in [-0.4, -0.2) is 73.9 Å². The minimum absolute atomic E-state index is 0.310. The molecule has 1 aliphatic rings. The van der Waals surface area contributed by atoms with E-state index in [1.165, 1.54) is 26.2 Å². The molecule has 0 aromatic rings. The van der Waals surface area contributed by atoms with Gasteiger partial charge in [-0.15, -0.1) is 0 Å². The highest BCUT2D eigenvalue weighted by molar-refractivity contribution is 4.70. The fraction of sp³-hybridized carbons (Fsp3) is 1.00. The van der Waals surface area contributed by atoms with Crippen molar-refractivity contribution >= 4 is 0 Å². The third-order valence-electron chi connectivity index (χ3n) is 3.31. The van der Waals surface area contributed by atoms with Gasteiger partial charge in [0, 0.05) is 51.9 Å². The third-order valence-corrected chi connectivity index (χ3v) is 3.31. The highest BCUT2D eigenvalue weighted by Gasteiger charge is 2.12. The average molecular weight is 229 g/mol. The second-order valence-corrected chi connectivity index (χ2v) is 4.87. The summed E-state index contributed by atoms with van der Waals surface area (Å²) in [6, 6.07) is 0.527. The van der Waals surface area contributed by atoms with E-state index < -0.39 is 0 Å². The molecule has 1 aliphatic heterocycles. The first-order valence-corrected chi connectivity index (χ1v) is 6.47. The first kappa shape index (κ1) is 13.9. The molecule has 0 aliphatic carbocycles. The molecule has 0 radical (unpaired) electrons. The van der Waals surface area contributed by atoms with Crippen molar-refractivity contribution in [2.75, 3.05) is 52.9 Å². The number of hydrogen-bond acceptors (Lipinski definition) is 4. The molecule has 96 valence electrons. The predicted octanol–water partition coefficient (Wildman–Crippen LogP) is -0.0156. The van der Waals surface area contributed by atoms with Crippen LogP contribution in [0.4, 0.5) is 0 Å². The zero-order valence-electron chi connectivity index (χ0n) is 10.8. The zero-order chi connectivity index (χ0) is 11.8. The van der Waals surface area contributed by atoms with E-state index in [-0.39, 0.29) is 0 Å². The van der Waals surface area contributed by atoms with Gasteiger partial charge in [-0.2, -0.15) is 0 Å². The van der Waals surface area contributed by atoms with Gasteiger partial charge in [0.1, 0.15) is 0 Å². The van der Waals surface area contributed by atoms with Gasteiger partial charge >= 0.3 is 0 Å². The molecule has 1 heterocycles. The quantitative estimate of drug-likeness (QED) is 0.644. The Kier molecular flexibility index (Phi) is 6.96. The Labute approximate surface area is 99.6 Å². The summed E-state index contributed by atoms with van der Waals surface area (Å²) in [6.07, 6.45) is 1.97. The fourth-order valence-corrected chi connectivity index (χ4v) is 2.04. The van der Waals surface area contributed by atoms with Crippen molar-refractivity contribution in [1.29, 1.82) is 0 Å². The second kappa shape index (κ2) is 8.01. The number of aliphatic hydroxyl groups is 1. The molecule has 2 N–H and O–H groups in total. The van der Waals surface area contributed by atoms with Gasteiger partial charge in [-0.05, 0) is 26.8 Å². The molecule has 4 nitrogen and oxygen atoms in total. The van der Waals surface area contributed by atoms with Crippen molar-refractivity contribution in [3.63, 3.8) is 0 Å². The van der Waals surface area contributed by atoms with Gasteiger partial charge in [-0.25, -0.2) is 0 Å². The highest BCUT2D eigenvalue weighted by atomic mass is 16.2. The summed E-state index contributed by atoms with van der Waals surface area (Å²) in [5.41, 5.74) is 0. The lowest BCUT2D eigenvalue weighted by Crippen LogP contribution is -2.47. The summed E-state index contributed by atoms with van der Waals surface area (Å²) in [7, 11) is 2.19. The van der Waals surface area contributed by atoms with Crippen LogP contribution in [0.25, 0.3) is 0 Å². The maximum absolute atomic E-state index is 8.73. The maximum Gasteiger partial charge on any atom is 0.0431 e. The van der Waals surface area contributed by atoms with Crippen molar-refractivity contribution in [2.45, 2.75) is 25.8 Å². The summed E-state index contributed by atoms with van der Waals surface area (Å²) in [5, 5.41) is 12.2. The van der Waals surface area contributed by atoms with Crippen LogP contribution in [0.1, 0.15) is 19.8 Å². The topological polar surface area (TPSA) is 38.7 Å². The first-order valence-electron chi connectivity index (χ1n) is 6.47. The standard InChI is InChI=1S/C12H27N3O/c1-12(4-3-11-16)13-5-6-15-9-7-14(2)8-10-15/h12-13,16H,3-11H2,1-2H3. The molecule has 0 amide bonds. The summed E-state index contributed by atoms with van der Waals surface area (Å²) >= 11 is 0. The van der Waals surface area contributed by atoms with Crippen LogP contribution < -0.4 is 5.32 Å². The van der Waals surface area contributed by atoms with Crippen molar-refractivity contribution in [2.24, 2.45) is 0 Å². The number of likely N-dealkylation sites (N-methyl/N-ethyl adjacent to an activating group) is 1. The molecule has 0 spiro atoms. The number of aliphatic hydroxyl groups excluding tert-OH is 1. The molecule has 16 heavy (non-hydrogen) atoms. The van der Waals surface area contributed by atoms with Gasteiger partial charge in [-0.1, -0.05) is 0 Å². The summed E-state index contributed by atoms with van der Waals surface area (Å²) in [4.78, 5) is 4.90. The Bertz CT molecular complexity index is 170. The third kappa shape index (κ3) is 5.80. The van der Waals surface area contributed by atoms with Gasteiger partial charge in [0.25, 0.3) is 0 Å². The smallest absolute Gasteiger partial charge is 0.0431 e. The summed E-state index contributed by atoms with van der Waals surface area (Å²) in [6.45, 7) is 9.50. The first-order chi connectivity index (χ1) is 7.72. The second-order valence-electron chi connectivity index (χ2n) is 4.87. The Balaban J connectivity index is 1.98. The predicted molar refractivity (Wildman–Crippen MR) is 67.7 cm³/mol. The van der Waals surface area contributed by atoms with Crippen LogP contribution in [0.5, 0.6) is 0 Å². The van der Waals surface area contributed by atoms with E-state index in [1.807, 2.05) is 0 Å². The lowest BCUT2D eigenvalue weighted by Gasteiger charge is -2.32. The largest absolute Gasteiger partial charge is 0.396 e. The van der Waals surface area contributed by atoms with Crippen LogP contribution >= 0.6 is 0 Å². The van der Waals surface area contributed by atoms with E-state index in [0.717, 1.165) is 25.9 Å². The fourth-order valence-electron chi connectivity index (χ4n) is 2.04. The molecular formula is C12H27N3O. The van der Waals surface area contributed by atoms with Crippen LogP contribution in [0.3, 0.4) is 0 Å². The molecule has 1 unspecified atom stereocenters. The van der Waals surface area contributed by atoms with Crippen LogP contribution in [0.15, 0.2) is 0 Å². The molecule has 1 rings (SSSR count). The normalized spacial score (nSPS) is 21.2. The summed E-state index contributed by atoms with van der Waals surface area (Å²) in [5.74, 6) is 0. The lowest BCUT2D eigenvalue weighted by atomic mass is 10.2. The zero-order valence-corrected chi connectivity index (χ0v) is 10.8. The Morgan fingerprint density at radius 3 is 2.56 bits per heavy atom. The SMILES string of the molecule is CC(CCCO)NCCN1CCN(C)CC1. The molecule has 0 bridgehead atoms. The van der Waals surface area contributed by atoms with Gasteiger partial charge < -0.3 is 15.3 Å². The van der Waals surface area contributed by atoms with E-state index in [0.29, 0.717) is 12.6 Å². The minimum Gasteiger partial charge on any atom is -0.396 e. The van der Waals surface area contributed by atoms with Gasteiger partial charge in [0.15, 0.2) is 0 Å². The maximum atomic E-state index is 8.73. The van der Waals surface area contributed by atoms with Gasteiger partial charge in [0.2, 0.25) is 0 Å². The van der Waals surface area contributed by atoms with E-state index in [2.05, 4.69) is 29.1 Å². The monoisotopic (exact) mass is 229 g/mol. The van der Waals surface area contributed by atoms with Crippen LogP contribution in [0.2, 0.25) is 0 Å². The Morgan fingerprint density at radius 2 is 1.94 bits per heavy atom. The van der Waals surface area contributed by atoms with Crippen molar-refractivity contribution in [1.82, 2.24) is 15.1 Å². The number of piperazine rings is 1. The molecule has 1 atom stereocenters. The molecule has 1 saturated heterocycles. The Hall–Kier alpha value is -0.160. The van der Waals surface area contributed by atoms with Crippen LogP contribution in [0, 0.1) is 0 Å². The highest BCUT2D eigenvalue weighted by Crippen LogP contribution is 1.99. The number of hydrogen-bond donors (Lipinski definition) is 2. The average Bonchev–Trinajstić information content (AvgIpc) is 2.29. The molecular weight excluding hydrogens is 202 g/mol. The van der Waals surface area contributed by atoms with Gasteiger partial charge in [0.05, 0.1) is 0 Å². The molecule has 1 fully saturated rings. The van der Waals surface area contributed by atoms with E-state index in [4.69, 9.17) is 5.11 Å². The molecule has 4 heteroatoms. The molecule has 0 saturated carbocycles. The van der Waals surface area contributed by atoms with Crippen LogP contribution in [-0.2, 0) is 0 Å². The van der Waals surface area contributed by atoms with Crippen molar-refractivity contribution < 1.29 is 5.11 Å². The lowest BCUT2D eigenvalue weighted by molar-refractivity contribution is 0.153. The molecule has 0 aromatic heterocycles. The van der Waals surface area contributed by atoms with Crippen molar-refractivity contribution in [3.05, 3.63) is 0 Å². The Morgan fingerprint density at radius 1 is 1.25 bits per heavy atom. The van der Waals surface area contributed by atoms with Gasteiger partial charge in [-0.3, -0.25) is 4.90 Å². The minimum atomic E-state index is 0.310. The van der Waals surface area contributed by atoms with E-state index >= 15 is 0 Å². The van der Waals surface area contributed by atoms with E-state index in [1.54, 1.807) is 0 Å². The number of nitrogens with zero attached hydrogens (tertiary/aromatic N) is 2. The number of nitrogens with one attached hydrogen (secondary N) is 1. The summed E-state index contributed by atoms with van der Waals surface area (Å²) < 4.78 is 0. The number of rotatable bonds is 7. The van der Waals surface area contributed by atoms with Crippen molar-refractivity contribution in [3.8, 4) is 0 Å².